The number of hydrogen-bond acceptors (Lipinski definition) is 6. The molecule has 5 aromatic carbocycles. The molecule has 0 fully saturated rings. The zero-order valence-corrected chi connectivity index (χ0v) is 25.1. The van der Waals surface area contributed by atoms with Gasteiger partial charge in [0.25, 0.3) is 11.8 Å². The van der Waals surface area contributed by atoms with E-state index in [9.17, 15) is 19.2 Å². The Morgan fingerprint density at radius 1 is 0.667 bits per heavy atom. The van der Waals surface area contributed by atoms with Crippen molar-refractivity contribution in [2.45, 2.75) is 20.0 Å². The monoisotopic (exact) mass is 615 g/mol. The van der Waals surface area contributed by atoms with Gasteiger partial charge < -0.3 is 9.47 Å². The van der Waals surface area contributed by atoms with Gasteiger partial charge in [-0.15, -0.1) is 0 Å². The Labute approximate surface area is 264 Å². The maximum atomic E-state index is 13.4. The lowest BCUT2D eigenvalue weighted by atomic mass is 9.99. The number of amides is 2. The second-order valence-corrected chi connectivity index (χ2v) is 11.1. The number of carbonyl (C=O) groups is 4. The minimum atomic E-state index is -1.21. The molecule has 0 saturated heterocycles. The molecular weight excluding hydrogens is 590 g/mol. The van der Waals surface area contributed by atoms with E-state index in [-0.39, 0.29) is 22.4 Å². The second kappa shape index (κ2) is 12.2. The Morgan fingerprint density at radius 3 is 2.00 bits per heavy atom. The van der Waals surface area contributed by atoms with E-state index in [1.807, 2.05) is 32.0 Å². The standard InChI is InChI=1S/C37H26ClNO6/c1-22-8-17-29(20-23(22)2)44-30-18-19-31-32(21-30)36(42)39(35(31)41)28-15-11-26(12-16-28)37(43)45-34(25-9-13-27(38)14-10-25)33(40)24-6-4-3-5-7-24/h3-21,34H,1-2H3/t34-/m1/s1. The van der Waals surface area contributed by atoms with Crippen molar-refractivity contribution in [1.82, 2.24) is 0 Å². The van der Waals surface area contributed by atoms with Crippen LogP contribution in [0.2, 0.25) is 5.02 Å². The van der Waals surface area contributed by atoms with Crippen LogP contribution >= 0.6 is 11.6 Å². The molecule has 0 radical (unpaired) electrons. The molecule has 222 valence electrons. The summed E-state index contributed by atoms with van der Waals surface area (Å²) in [6, 6.07) is 31.4. The number of anilines is 1. The number of nitrogens with zero attached hydrogens (tertiary/aromatic N) is 1. The van der Waals surface area contributed by atoms with Gasteiger partial charge in [-0.25, -0.2) is 9.69 Å². The number of benzene rings is 5. The quantitative estimate of drug-likeness (QED) is 0.0990. The van der Waals surface area contributed by atoms with Gasteiger partial charge in [0.15, 0.2) is 6.10 Å². The maximum Gasteiger partial charge on any atom is 0.339 e. The summed E-state index contributed by atoms with van der Waals surface area (Å²) in [7, 11) is 0. The first-order valence-corrected chi connectivity index (χ1v) is 14.5. The number of ether oxygens (including phenoxy) is 2. The molecule has 0 aliphatic carbocycles. The van der Waals surface area contributed by atoms with E-state index in [1.165, 1.54) is 24.3 Å². The van der Waals surface area contributed by atoms with Gasteiger partial charge in [0, 0.05) is 16.1 Å². The molecule has 0 N–H and O–H groups in total. The fourth-order valence-electron chi connectivity index (χ4n) is 5.02. The van der Waals surface area contributed by atoms with Crippen molar-refractivity contribution in [3.63, 3.8) is 0 Å². The van der Waals surface area contributed by atoms with Crippen LogP contribution in [-0.4, -0.2) is 23.6 Å². The van der Waals surface area contributed by atoms with E-state index < -0.39 is 29.7 Å². The van der Waals surface area contributed by atoms with Crippen molar-refractivity contribution in [2.24, 2.45) is 0 Å². The highest BCUT2D eigenvalue weighted by molar-refractivity contribution is 6.34. The van der Waals surface area contributed by atoms with Gasteiger partial charge in [0.05, 0.1) is 22.4 Å². The molecule has 1 atom stereocenters. The second-order valence-electron chi connectivity index (χ2n) is 10.6. The lowest BCUT2D eigenvalue weighted by Crippen LogP contribution is -2.29. The summed E-state index contributed by atoms with van der Waals surface area (Å²) in [5.74, 6) is -1.08. The van der Waals surface area contributed by atoms with Gasteiger partial charge in [-0.1, -0.05) is 60.1 Å². The summed E-state index contributed by atoms with van der Waals surface area (Å²) in [6.07, 6.45) is -1.21. The highest BCUT2D eigenvalue weighted by Crippen LogP contribution is 2.33. The first kappa shape index (κ1) is 29.5. The normalized spacial score (nSPS) is 12.9. The Kier molecular flexibility index (Phi) is 8.02. The van der Waals surface area contributed by atoms with Crippen LogP contribution in [0.4, 0.5) is 5.69 Å². The number of aryl methyl sites for hydroxylation is 2. The van der Waals surface area contributed by atoms with E-state index in [4.69, 9.17) is 21.1 Å². The topological polar surface area (TPSA) is 90.0 Å². The highest BCUT2D eigenvalue weighted by Gasteiger charge is 2.37. The van der Waals surface area contributed by atoms with Crippen LogP contribution in [0.5, 0.6) is 11.5 Å². The van der Waals surface area contributed by atoms with Gasteiger partial charge in [-0.3, -0.25) is 14.4 Å². The Balaban J connectivity index is 1.20. The zero-order chi connectivity index (χ0) is 31.7. The fraction of sp³-hybridized carbons (Fsp3) is 0.0811. The Morgan fingerprint density at radius 2 is 1.31 bits per heavy atom. The van der Waals surface area contributed by atoms with Crippen molar-refractivity contribution >= 4 is 40.9 Å². The maximum absolute atomic E-state index is 13.4. The van der Waals surface area contributed by atoms with Gasteiger partial charge >= 0.3 is 5.97 Å². The third-order valence-electron chi connectivity index (χ3n) is 7.63. The zero-order valence-electron chi connectivity index (χ0n) is 24.3. The number of ketones is 1. The van der Waals surface area contributed by atoms with Crippen LogP contribution in [0.15, 0.2) is 115 Å². The molecule has 8 heteroatoms. The third-order valence-corrected chi connectivity index (χ3v) is 7.88. The molecule has 1 heterocycles. The minimum Gasteiger partial charge on any atom is -0.457 e. The lowest BCUT2D eigenvalue weighted by molar-refractivity contribution is 0.0280. The number of esters is 1. The molecule has 0 spiro atoms. The molecule has 1 aliphatic heterocycles. The Bertz CT molecular complexity index is 1950. The van der Waals surface area contributed by atoms with Crippen molar-refractivity contribution in [2.75, 3.05) is 4.90 Å². The molecule has 45 heavy (non-hydrogen) atoms. The average Bonchev–Trinajstić information content (AvgIpc) is 3.30. The van der Waals surface area contributed by atoms with E-state index in [2.05, 4.69) is 0 Å². The van der Waals surface area contributed by atoms with Crippen molar-refractivity contribution < 1.29 is 28.7 Å². The third kappa shape index (κ3) is 5.98. The summed E-state index contributed by atoms with van der Waals surface area (Å²) >= 11 is 6.03. The number of Topliss-reactive ketones (excluding diaryl/α,β-unsaturated/α-hetero) is 1. The average molecular weight is 616 g/mol. The van der Waals surface area contributed by atoms with Gasteiger partial charge in [-0.05, 0) is 91.7 Å². The summed E-state index contributed by atoms with van der Waals surface area (Å²) in [6.45, 7) is 3.99. The SMILES string of the molecule is Cc1ccc(Oc2ccc3c(c2)C(=O)N(c2ccc(C(=O)O[C@@H](C(=O)c4ccccc4)c4ccc(Cl)cc4)cc2)C3=O)cc1C. The molecule has 0 saturated carbocycles. The van der Waals surface area contributed by atoms with Gasteiger partial charge in [-0.2, -0.15) is 0 Å². The molecule has 0 aromatic heterocycles. The van der Waals surface area contributed by atoms with Crippen molar-refractivity contribution in [3.05, 3.63) is 159 Å². The summed E-state index contributed by atoms with van der Waals surface area (Å²) in [4.78, 5) is 54.3. The number of halogens is 1. The summed E-state index contributed by atoms with van der Waals surface area (Å²) < 4.78 is 11.7. The molecule has 0 unspecified atom stereocenters. The molecule has 5 aromatic rings. The van der Waals surface area contributed by atoms with E-state index in [1.54, 1.807) is 72.8 Å². The van der Waals surface area contributed by atoms with Crippen molar-refractivity contribution in [1.29, 1.82) is 0 Å². The number of fused-ring (bicyclic) bond motifs is 1. The molecule has 1 aliphatic rings. The van der Waals surface area contributed by atoms with Crippen LogP contribution in [0.1, 0.15) is 64.2 Å². The van der Waals surface area contributed by atoms with Crippen LogP contribution in [0.3, 0.4) is 0 Å². The number of rotatable bonds is 8. The first-order chi connectivity index (χ1) is 21.7. The van der Waals surface area contributed by atoms with Gasteiger partial charge in [0.1, 0.15) is 11.5 Å². The van der Waals surface area contributed by atoms with Crippen LogP contribution in [-0.2, 0) is 4.74 Å². The minimum absolute atomic E-state index is 0.138. The van der Waals surface area contributed by atoms with Gasteiger partial charge in [0.2, 0.25) is 5.78 Å². The molecule has 6 rings (SSSR count). The largest absolute Gasteiger partial charge is 0.457 e. The van der Waals surface area contributed by atoms with E-state index >= 15 is 0 Å². The molecule has 0 bridgehead atoms. The van der Waals surface area contributed by atoms with Crippen LogP contribution < -0.4 is 9.64 Å². The summed E-state index contributed by atoms with van der Waals surface area (Å²) in [5, 5.41) is 0.477. The van der Waals surface area contributed by atoms with Crippen LogP contribution in [0, 0.1) is 13.8 Å². The fourth-order valence-corrected chi connectivity index (χ4v) is 5.14. The first-order valence-electron chi connectivity index (χ1n) is 14.1. The number of imide groups is 1. The lowest BCUT2D eigenvalue weighted by Gasteiger charge is -2.18. The van der Waals surface area contributed by atoms with E-state index in [0.29, 0.717) is 27.6 Å². The van der Waals surface area contributed by atoms with Crippen molar-refractivity contribution in [3.8, 4) is 11.5 Å². The predicted molar refractivity (Wildman–Crippen MR) is 170 cm³/mol. The van der Waals surface area contributed by atoms with Crippen LogP contribution in [0.25, 0.3) is 0 Å². The Hall–Kier alpha value is -5.53. The highest BCUT2D eigenvalue weighted by atomic mass is 35.5. The molecular formula is C37H26ClNO6. The number of hydrogen-bond donors (Lipinski definition) is 0. The predicted octanol–water partition coefficient (Wildman–Crippen LogP) is 8.33. The van der Waals surface area contributed by atoms with E-state index in [0.717, 1.165) is 16.0 Å². The smallest absolute Gasteiger partial charge is 0.339 e. The summed E-state index contributed by atoms with van der Waals surface area (Å²) in [5.41, 5.74) is 3.94. The molecule has 2 amide bonds. The molecule has 7 nitrogen and oxygen atoms in total. The number of carbonyl (C=O) groups excluding carboxylic acids is 4.